The molecule has 0 bridgehead atoms. The standard InChI is InChI=1S/C17H25FN2O2S/c1-21-16(14(19)11-18)13-4-2-12(3-5-13)15-10-17(22-20-15)6-8-23-9-7-17/h2-5,14-16,20H,6-11,19H2,1H3. The minimum atomic E-state index is -0.637. The number of hydrogen-bond acceptors (Lipinski definition) is 5. The summed E-state index contributed by atoms with van der Waals surface area (Å²) in [5, 5.41) is 0. The van der Waals surface area contributed by atoms with Gasteiger partial charge in [0.1, 0.15) is 6.67 Å². The summed E-state index contributed by atoms with van der Waals surface area (Å²) >= 11 is 2.00. The molecule has 23 heavy (non-hydrogen) atoms. The molecule has 1 spiro atoms. The largest absolute Gasteiger partial charge is 0.375 e. The van der Waals surface area contributed by atoms with Gasteiger partial charge in [0.2, 0.25) is 0 Å². The topological polar surface area (TPSA) is 56.5 Å². The second-order valence-electron chi connectivity index (χ2n) is 6.41. The van der Waals surface area contributed by atoms with Crippen LogP contribution in [-0.4, -0.2) is 36.9 Å². The lowest BCUT2D eigenvalue weighted by Crippen LogP contribution is -2.33. The zero-order valence-electron chi connectivity index (χ0n) is 13.5. The number of thioether (sulfide) groups is 1. The van der Waals surface area contributed by atoms with Gasteiger partial charge in [-0.15, -0.1) is 0 Å². The predicted octanol–water partition coefficient (Wildman–Crippen LogP) is 2.90. The van der Waals surface area contributed by atoms with Crippen molar-refractivity contribution in [3.05, 3.63) is 35.4 Å². The van der Waals surface area contributed by atoms with Crippen LogP contribution in [-0.2, 0) is 9.57 Å². The lowest BCUT2D eigenvalue weighted by atomic mass is 9.87. The maximum absolute atomic E-state index is 12.8. The Balaban J connectivity index is 1.68. The zero-order valence-corrected chi connectivity index (χ0v) is 14.3. The number of ether oxygens (including phenoxy) is 1. The van der Waals surface area contributed by atoms with Crippen molar-refractivity contribution in [1.82, 2.24) is 5.48 Å². The third-order valence-corrected chi connectivity index (χ3v) is 5.87. The van der Waals surface area contributed by atoms with Crippen LogP contribution in [0.15, 0.2) is 24.3 Å². The van der Waals surface area contributed by atoms with E-state index in [4.69, 9.17) is 15.3 Å². The van der Waals surface area contributed by atoms with Crippen LogP contribution in [0, 0.1) is 0 Å². The molecule has 1 aromatic carbocycles. The lowest BCUT2D eigenvalue weighted by molar-refractivity contribution is -0.0607. The van der Waals surface area contributed by atoms with E-state index < -0.39 is 18.8 Å². The minimum Gasteiger partial charge on any atom is -0.375 e. The monoisotopic (exact) mass is 340 g/mol. The first-order valence-electron chi connectivity index (χ1n) is 8.13. The molecule has 0 radical (unpaired) electrons. The molecule has 3 unspecified atom stereocenters. The van der Waals surface area contributed by atoms with E-state index in [0.29, 0.717) is 0 Å². The van der Waals surface area contributed by atoms with Gasteiger partial charge in [0.05, 0.1) is 23.8 Å². The highest BCUT2D eigenvalue weighted by Crippen LogP contribution is 2.41. The molecule has 2 aliphatic rings. The van der Waals surface area contributed by atoms with Crippen LogP contribution >= 0.6 is 11.8 Å². The van der Waals surface area contributed by atoms with Crippen LogP contribution in [0.25, 0.3) is 0 Å². The van der Waals surface area contributed by atoms with Gasteiger partial charge in [-0.05, 0) is 35.5 Å². The second-order valence-corrected chi connectivity index (χ2v) is 7.64. The first kappa shape index (κ1) is 17.2. The third-order valence-electron chi connectivity index (χ3n) is 4.89. The number of halogens is 1. The van der Waals surface area contributed by atoms with Crippen LogP contribution in [0.4, 0.5) is 4.39 Å². The Morgan fingerprint density at radius 3 is 2.70 bits per heavy atom. The minimum absolute atomic E-state index is 0.000232. The molecule has 0 saturated carbocycles. The Morgan fingerprint density at radius 1 is 1.39 bits per heavy atom. The van der Waals surface area contributed by atoms with Crippen LogP contribution in [0.1, 0.15) is 42.5 Å². The smallest absolute Gasteiger partial charge is 0.107 e. The van der Waals surface area contributed by atoms with E-state index in [1.165, 1.54) is 17.1 Å². The van der Waals surface area contributed by atoms with Crippen LogP contribution in [0.2, 0.25) is 0 Å². The Labute approximate surface area is 141 Å². The Bertz CT molecular complexity index is 508. The lowest BCUT2D eigenvalue weighted by Gasteiger charge is -2.30. The number of methoxy groups -OCH3 is 1. The van der Waals surface area contributed by atoms with Gasteiger partial charge in [0.15, 0.2) is 0 Å². The highest BCUT2D eigenvalue weighted by atomic mass is 32.2. The molecule has 2 aliphatic heterocycles. The summed E-state index contributed by atoms with van der Waals surface area (Å²) in [7, 11) is 1.56. The molecular formula is C17H25FN2O2S. The van der Waals surface area contributed by atoms with Gasteiger partial charge in [0.25, 0.3) is 0 Å². The van der Waals surface area contributed by atoms with Gasteiger partial charge in [-0.2, -0.15) is 17.2 Å². The second kappa shape index (κ2) is 7.49. The Morgan fingerprint density at radius 2 is 2.09 bits per heavy atom. The van der Waals surface area contributed by atoms with E-state index >= 15 is 0 Å². The highest BCUT2D eigenvalue weighted by molar-refractivity contribution is 7.99. The maximum Gasteiger partial charge on any atom is 0.107 e. The molecule has 2 fully saturated rings. The predicted molar refractivity (Wildman–Crippen MR) is 91.0 cm³/mol. The van der Waals surface area contributed by atoms with Gasteiger partial charge >= 0.3 is 0 Å². The number of rotatable bonds is 5. The van der Waals surface area contributed by atoms with Crippen molar-refractivity contribution in [2.75, 3.05) is 25.3 Å². The quantitative estimate of drug-likeness (QED) is 0.863. The molecule has 4 nitrogen and oxygen atoms in total. The van der Waals surface area contributed by atoms with Gasteiger partial charge in [-0.25, -0.2) is 4.39 Å². The van der Waals surface area contributed by atoms with E-state index in [0.717, 1.165) is 24.8 Å². The number of hydroxylamine groups is 1. The van der Waals surface area contributed by atoms with Crippen molar-refractivity contribution in [2.24, 2.45) is 5.73 Å². The number of nitrogens with one attached hydrogen (secondary N) is 1. The van der Waals surface area contributed by atoms with E-state index in [2.05, 4.69) is 17.6 Å². The first-order valence-corrected chi connectivity index (χ1v) is 9.28. The maximum atomic E-state index is 12.8. The SMILES string of the molecule is COC(c1ccc(C2CC3(CCSCC3)ON2)cc1)C(N)CF. The average Bonchev–Trinajstić information content (AvgIpc) is 3.00. The van der Waals surface area contributed by atoms with Crippen molar-refractivity contribution in [3.8, 4) is 0 Å². The molecule has 3 rings (SSSR count). The first-order chi connectivity index (χ1) is 11.2. The number of hydrogen-bond donors (Lipinski definition) is 2. The van der Waals surface area contributed by atoms with Crippen LogP contribution in [0.3, 0.4) is 0 Å². The van der Waals surface area contributed by atoms with Crippen LogP contribution in [0.5, 0.6) is 0 Å². The molecule has 2 saturated heterocycles. The molecule has 1 aromatic rings. The summed E-state index contributed by atoms with van der Waals surface area (Å²) in [6.45, 7) is -0.598. The fourth-order valence-corrected chi connectivity index (χ4v) is 4.68. The summed E-state index contributed by atoms with van der Waals surface area (Å²) in [6.07, 6.45) is 2.81. The van der Waals surface area contributed by atoms with Crippen molar-refractivity contribution < 1.29 is 14.0 Å². The van der Waals surface area contributed by atoms with E-state index in [1.54, 1.807) is 7.11 Å². The molecule has 2 heterocycles. The number of nitrogens with two attached hydrogens (primary N) is 1. The summed E-state index contributed by atoms with van der Waals surface area (Å²) in [5.41, 5.74) is 11.1. The van der Waals surface area contributed by atoms with Crippen molar-refractivity contribution in [2.45, 2.75) is 43.1 Å². The third kappa shape index (κ3) is 3.72. The van der Waals surface area contributed by atoms with Gasteiger partial charge in [-0.1, -0.05) is 24.3 Å². The molecule has 128 valence electrons. The highest BCUT2D eigenvalue weighted by Gasteiger charge is 2.42. The Hall–Kier alpha value is -0.660. The van der Waals surface area contributed by atoms with Gasteiger partial charge in [0, 0.05) is 13.5 Å². The van der Waals surface area contributed by atoms with Crippen molar-refractivity contribution >= 4 is 11.8 Å². The van der Waals surface area contributed by atoms with E-state index in [-0.39, 0.29) is 11.6 Å². The number of benzene rings is 1. The average molecular weight is 340 g/mol. The molecule has 3 N–H and O–H groups in total. The van der Waals surface area contributed by atoms with Gasteiger partial charge < -0.3 is 10.5 Å². The molecule has 0 amide bonds. The van der Waals surface area contributed by atoms with E-state index in [9.17, 15) is 4.39 Å². The van der Waals surface area contributed by atoms with Crippen molar-refractivity contribution in [1.29, 1.82) is 0 Å². The molecular weight excluding hydrogens is 315 g/mol. The summed E-state index contributed by atoms with van der Waals surface area (Å²) < 4.78 is 18.1. The summed E-state index contributed by atoms with van der Waals surface area (Å²) in [5.74, 6) is 2.34. The Kier molecular flexibility index (Phi) is 5.59. The molecule has 0 aromatic heterocycles. The van der Waals surface area contributed by atoms with Crippen molar-refractivity contribution in [3.63, 3.8) is 0 Å². The molecule has 3 atom stereocenters. The fraction of sp³-hybridized carbons (Fsp3) is 0.647. The molecule has 6 heteroatoms. The van der Waals surface area contributed by atoms with Crippen LogP contribution < -0.4 is 11.2 Å². The summed E-state index contributed by atoms with van der Waals surface area (Å²) in [4.78, 5) is 5.95. The van der Waals surface area contributed by atoms with E-state index in [1.807, 2.05) is 23.9 Å². The normalized spacial score (nSPS) is 26.3. The summed E-state index contributed by atoms with van der Waals surface area (Å²) in [6, 6.07) is 7.64. The fourth-order valence-electron chi connectivity index (χ4n) is 3.44. The van der Waals surface area contributed by atoms with Gasteiger partial charge in [-0.3, -0.25) is 4.84 Å². The zero-order chi connectivity index (χ0) is 16.3. The molecule has 0 aliphatic carbocycles. The number of alkyl halides is 1.